The summed E-state index contributed by atoms with van der Waals surface area (Å²) in [7, 11) is 0. The van der Waals surface area contributed by atoms with Gasteiger partial charge in [-0.05, 0) is 55.0 Å². The summed E-state index contributed by atoms with van der Waals surface area (Å²) < 4.78 is 5.43. The van der Waals surface area contributed by atoms with Crippen LogP contribution in [0.3, 0.4) is 0 Å². The van der Waals surface area contributed by atoms with E-state index >= 15 is 0 Å². The Balaban J connectivity index is 1.60. The van der Waals surface area contributed by atoms with E-state index in [9.17, 15) is 10.1 Å². The fourth-order valence-corrected chi connectivity index (χ4v) is 3.66. The van der Waals surface area contributed by atoms with E-state index in [1.165, 1.54) is 17.2 Å². The number of aromatic nitrogens is 2. The molecule has 1 atom stereocenters. The summed E-state index contributed by atoms with van der Waals surface area (Å²) in [5.74, 6) is 0.957. The maximum Gasteiger partial charge on any atom is 0.272 e. The Morgan fingerprint density at radius 2 is 2.19 bits per heavy atom. The molecule has 2 aromatic carbocycles. The highest BCUT2D eigenvalue weighted by Crippen LogP contribution is 2.31. The molecule has 1 aliphatic rings. The van der Waals surface area contributed by atoms with E-state index in [-0.39, 0.29) is 16.7 Å². The number of hydrogen-bond donors (Lipinski definition) is 1. The predicted molar refractivity (Wildman–Crippen MR) is 100 cm³/mol. The van der Waals surface area contributed by atoms with Gasteiger partial charge in [0.1, 0.15) is 0 Å². The van der Waals surface area contributed by atoms with Crippen molar-refractivity contribution in [2.75, 3.05) is 0 Å². The number of aryl methyl sites for hydroxylation is 1. The molecule has 7 nitrogen and oxygen atoms in total. The zero-order chi connectivity index (χ0) is 19.0. The van der Waals surface area contributed by atoms with Gasteiger partial charge in [-0.15, -0.1) is 0 Å². The molecular formula is C20H20N4O3. The normalized spacial score (nSPS) is 16.1. The maximum atomic E-state index is 11.1. The molecule has 7 heteroatoms. The molecule has 1 unspecified atom stereocenters. The molecule has 1 aromatic heterocycles. The number of nitrogens with two attached hydrogens (primary N) is 1. The highest BCUT2D eigenvalue weighted by Gasteiger charge is 2.19. The van der Waals surface area contributed by atoms with Gasteiger partial charge in [0, 0.05) is 29.7 Å². The van der Waals surface area contributed by atoms with Crippen LogP contribution >= 0.6 is 0 Å². The van der Waals surface area contributed by atoms with E-state index in [0.29, 0.717) is 23.7 Å². The predicted octanol–water partition coefficient (Wildman–Crippen LogP) is 3.88. The van der Waals surface area contributed by atoms with Gasteiger partial charge in [0.2, 0.25) is 0 Å². The summed E-state index contributed by atoms with van der Waals surface area (Å²) in [6.07, 6.45) is 3.48. The van der Waals surface area contributed by atoms with Gasteiger partial charge in [-0.3, -0.25) is 10.1 Å². The number of nitro benzene ring substituents is 1. The van der Waals surface area contributed by atoms with Gasteiger partial charge in [0.25, 0.3) is 11.6 Å². The van der Waals surface area contributed by atoms with Gasteiger partial charge < -0.3 is 10.3 Å². The van der Waals surface area contributed by atoms with Gasteiger partial charge >= 0.3 is 0 Å². The van der Waals surface area contributed by atoms with E-state index in [2.05, 4.69) is 16.2 Å². The van der Waals surface area contributed by atoms with Crippen molar-refractivity contribution >= 4 is 5.69 Å². The lowest BCUT2D eigenvalue weighted by Gasteiger charge is -2.22. The van der Waals surface area contributed by atoms with Crippen LogP contribution < -0.4 is 5.73 Å². The zero-order valence-electron chi connectivity index (χ0n) is 15.0. The first kappa shape index (κ1) is 17.4. The molecule has 1 aliphatic carbocycles. The van der Waals surface area contributed by atoms with Crippen LogP contribution in [0.1, 0.15) is 47.0 Å². The highest BCUT2D eigenvalue weighted by molar-refractivity contribution is 5.56. The Morgan fingerprint density at radius 3 is 3.00 bits per heavy atom. The lowest BCUT2D eigenvalue weighted by Crippen LogP contribution is -2.17. The van der Waals surface area contributed by atoms with Crippen molar-refractivity contribution in [3.8, 4) is 11.5 Å². The summed E-state index contributed by atoms with van der Waals surface area (Å²) in [4.78, 5) is 15.2. The van der Waals surface area contributed by atoms with Crippen molar-refractivity contribution in [1.29, 1.82) is 0 Å². The second kappa shape index (κ2) is 6.92. The highest BCUT2D eigenvalue weighted by atomic mass is 16.6. The van der Waals surface area contributed by atoms with Crippen LogP contribution in [0.2, 0.25) is 0 Å². The Morgan fingerprint density at radius 1 is 1.33 bits per heavy atom. The monoisotopic (exact) mass is 364 g/mol. The minimum atomic E-state index is -0.377. The van der Waals surface area contributed by atoms with E-state index in [0.717, 1.165) is 30.4 Å². The fraction of sp³-hybridized carbons (Fsp3) is 0.300. The van der Waals surface area contributed by atoms with Crippen molar-refractivity contribution < 1.29 is 9.45 Å². The molecule has 0 fully saturated rings. The number of fused-ring (bicyclic) bond motifs is 1. The molecule has 0 amide bonds. The van der Waals surface area contributed by atoms with Crippen molar-refractivity contribution in [2.24, 2.45) is 5.73 Å². The summed E-state index contributed by atoms with van der Waals surface area (Å²) in [5, 5.41) is 15.2. The topological polar surface area (TPSA) is 108 Å². The van der Waals surface area contributed by atoms with Gasteiger partial charge in [-0.25, -0.2) is 0 Å². The van der Waals surface area contributed by atoms with Gasteiger partial charge in [-0.1, -0.05) is 23.4 Å². The lowest BCUT2D eigenvalue weighted by molar-refractivity contribution is -0.385. The van der Waals surface area contributed by atoms with Crippen LogP contribution in [0.4, 0.5) is 5.69 Å². The third-order valence-electron chi connectivity index (χ3n) is 5.18. The molecule has 3 aromatic rings. The molecule has 0 aliphatic heterocycles. The van der Waals surface area contributed by atoms with E-state index in [1.54, 1.807) is 13.0 Å². The Labute approximate surface area is 156 Å². The fourth-order valence-electron chi connectivity index (χ4n) is 3.66. The number of rotatable bonds is 4. The van der Waals surface area contributed by atoms with E-state index in [1.807, 2.05) is 18.2 Å². The quantitative estimate of drug-likeness (QED) is 0.556. The minimum absolute atomic E-state index is 0.0953. The minimum Gasteiger partial charge on any atom is -0.334 e. The number of nitro groups is 1. The van der Waals surface area contributed by atoms with Crippen LogP contribution in [0, 0.1) is 17.0 Å². The molecular weight excluding hydrogens is 344 g/mol. The Kier molecular flexibility index (Phi) is 4.45. The van der Waals surface area contributed by atoms with Gasteiger partial charge in [-0.2, -0.15) is 4.98 Å². The zero-order valence-corrected chi connectivity index (χ0v) is 15.0. The first-order chi connectivity index (χ1) is 13.0. The van der Waals surface area contributed by atoms with Crippen molar-refractivity contribution in [3.63, 3.8) is 0 Å². The van der Waals surface area contributed by atoms with Crippen LogP contribution in [-0.4, -0.2) is 15.1 Å². The van der Waals surface area contributed by atoms with Crippen molar-refractivity contribution in [2.45, 2.75) is 38.6 Å². The van der Waals surface area contributed by atoms with Crippen LogP contribution in [0.25, 0.3) is 11.5 Å². The van der Waals surface area contributed by atoms with Gasteiger partial charge in [0.15, 0.2) is 5.82 Å². The summed E-state index contributed by atoms with van der Waals surface area (Å²) >= 11 is 0. The lowest BCUT2D eigenvalue weighted by atomic mass is 9.87. The SMILES string of the molecule is Cc1c(Cc2noc(-c3ccc4c(c3)CCCC4N)n2)cccc1[N+](=O)[O-]. The van der Waals surface area contributed by atoms with E-state index < -0.39 is 0 Å². The molecule has 0 saturated heterocycles. The Hall–Kier alpha value is -3.06. The molecule has 0 saturated carbocycles. The maximum absolute atomic E-state index is 11.1. The molecule has 138 valence electrons. The summed E-state index contributed by atoms with van der Waals surface area (Å²) in [5.41, 5.74) is 11.0. The largest absolute Gasteiger partial charge is 0.334 e. The molecule has 4 rings (SSSR count). The molecule has 27 heavy (non-hydrogen) atoms. The third kappa shape index (κ3) is 3.33. The summed E-state index contributed by atoms with van der Waals surface area (Å²) in [6, 6.07) is 11.2. The number of benzene rings is 2. The smallest absolute Gasteiger partial charge is 0.272 e. The molecule has 2 N–H and O–H groups in total. The average molecular weight is 364 g/mol. The first-order valence-corrected chi connectivity index (χ1v) is 8.97. The van der Waals surface area contributed by atoms with Crippen LogP contribution in [-0.2, 0) is 12.8 Å². The van der Waals surface area contributed by atoms with Crippen molar-refractivity contribution in [1.82, 2.24) is 10.1 Å². The van der Waals surface area contributed by atoms with E-state index in [4.69, 9.17) is 10.3 Å². The Bertz CT molecular complexity index is 1010. The number of nitrogens with zero attached hydrogens (tertiary/aromatic N) is 3. The van der Waals surface area contributed by atoms with Crippen LogP contribution in [0.5, 0.6) is 0 Å². The second-order valence-electron chi connectivity index (χ2n) is 6.92. The summed E-state index contributed by atoms with van der Waals surface area (Å²) in [6.45, 7) is 1.74. The van der Waals surface area contributed by atoms with Gasteiger partial charge in [0.05, 0.1) is 4.92 Å². The average Bonchev–Trinajstić information content (AvgIpc) is 3.12. The molecule has 1 heterocycles. The number of hydrogen-bond acceptors (Lipinski definition) is 6. The first-order valence-electron chi connectivity index (χ1n) is 8.97. The third-order valence-corrected chi connectivity index (χ3v) is 5.18. The molecule has 0 bridgehead atoms. The standard InChI is InChI=1S/C20H20N4O3/c1-12-13(4-3-7-18(12)24(25)26)11-19-22-20(27-23-19)15-8-9-16-14(10-15)5-2-6-17(16)21/h3-4,7-10,17H,2,5-6,11,21H2,1H3. The molecule has 0 radical (unpaired) electrons. The second-order valence-corrected chi connectivity index (χ2v) is 6.92. The van der Waals surface area contributed by atoms with Crippen LogP contribution in [0.15, 0.2) is 40.9 Å². The molecule has 0 spiro atoms. The van der Waals surface area contributed by atoms with Crippen molar-refractivity contribution in [3.05, 3.63) is 74.6 Å².